The molecule has 0 N–H and O–H groups in total. The van der Waals surface area contributed by atoms with E-state index in [-0.39, 0.29) is 0 Å². The quantitative estimate of drug-likeness (QED) is 0.621. The van der Waals surface area contributed by atoms with Crippen molar-refractivity contribution in [2.75, 3.05) is 26.2 Å². The van der Waals surface area contributed by atoms with Gasteiger partial charge in [-0.15, -0.1) is 11.3 Å². The molecule has 6 nitrogen and oxygen atoms in total. The SMILES string of the molecule is O=S(=O)(c1ccc(Br)s1)N1CCN(Cc2noc3ccccc23)CC1. The first-order valence-electron chi connectivity index (χ1n) is 7.85. The molecule has 1 saturated heterocycles. The van der Waals surface area contributed by atoms with E-state index in [9.17, 15) is 8.42 Å². The van der Waals surface area contributed by atoms with Crippen LogP contribution in [0.25, 0.3) is 11.0 Å². The Balaban J connectivity index is 1.43. The van der Waals surface area contributed by atoms with Crippen molar-refractivity contribution < 1.29 is 12.9 Å². The van der Waals surface area contributed by atoms with E-state index in [1.807, 2.05) is 24.3 Å². The molecule has 3 heterocycles. The molecule has 0 amide bonds. The van der Waals surface area contributed by atoms with Crippen molar-refractivity contribution in [1.82, 2.24) is 14.4 Å². The Morgan fingerprint density at radius 2 is 1.88 bits per heavy atom. The first kappa shape index (κ1) is 17.2. The molecule has 0 radical (unpaired) electrons. The van der Waals surface area contributed by atoms with Crippen LogP contribution in [-0.4, -0.2) is 49.0 Å². The lowest BCUT2D eigenvalue weighted by molar-refractivity contribution is 0.178. The van der Waals surface area contributed by atoms with Crippen LogP contribution in [0.2, 0.25) is 0 Å². The summed E-state index contributed by atoms with van der Waals surface area (Å²) in [6, 6.07) is 11.2. The number of aromatic nitrogens is 1. The van der Waals surface area contributed by atoms with Crippen LogP contribution >= 0.6 is 27.3 Å². The van der Waals surface area contributed by atoms with Crippen LogP contribution in [0.4, 0.5) is 0 Å². The zero-order valence-corrected chi connectivity index (χ0v) is 16.5. The third-order valence-electron chi connectivity index (χ3n) is 4.30. The maximum absolute atomic E-state index is 12.7. The van der Waals surface area contributed by atoms with Gasteiger partial charge in [-0.05, 0) is 40.2 Å². The first-order chi connectivity index (χ1) is 12.0. The molecular formula is C16H16BrN3O3S2. The molecule has 0 atom stereocenters. The summed E-state index contributed by atoms with van der Waals surface area (Å²) >= 11 is 4.57. The van der Waals surface area contributed by atoms with Crippen molar-refractivity contribution >= 4 is 48.3 Å². The summed E-state index contributed by atoms with van der Waals surface area (Å²) in [5.74, 6) is 0. The number of nitrogens with zero attached hydrogens (tertiary/aromatic N) is 3. The standard InChI is InChI=1S/C16H16BrN3O3S2/c17-15-5-6-16(24-15)25(21,22)20-9-7-19(8-10-20)11-13-12-3-1-2-4-14(12)23-18-13/h1-6H,7-11H2. The molecule has 9 heteroatoms. The van der Waals surface area contributed by atoms with E-state index in [0.717, 1.165) is 20.4 Å². The molecular weight excluding hydrogens is 426 g/mol. The molecule has 2 aromatic heterocycles. The lowest BCUT2D eigenvalue weighted by atomic mass is 10.2. The van der Waals surface area contributed by atoms with E-state index >= 15 is 0 Å². The third-order valence-corrected chi connectivity index (χ3v) is 8.29. The van der Waals surface area contributed by atoms with Gasteiger partial charge < -0.3 is 4.52 Å². The monoisotopic (exact) mass is 441 g/mol. The molecule has 1 aliphatic heterocycles. The second kappa shape index (κ2) is 6.81. The summed E-state index contributed by atoms with van der Waals surface area (Å²) < 4.78 is 33.4. The van der Waals surface area contributed by atoms with E-state index < -0.39 is 10.0 Å². The number of para-hydroxylation sites is 1. The topological polar surface area (TPSA) is 66.7 Å². The van der Waals surface area contributed by atoms with Crippen molar-refractivity contribution in [1.29, 1.82) is 0 Å². The van der Waals surface area contributed by atoms with Crippen LogP contribution in [0.1, 0.15) is 5.69 Å². The molecule has 0 bridgehead atoms. The number of hydrogen-bond donors (Lipinski definition) is 0. The van der Waals surface area contributed by atoms with Crippen molar-refractivity contribution in [3.8, 4) is 0 Å². The number of thiophene rings is 1. The molecule has 1 aromatic carbocycles. The van der Waals surface area contributed by atoms with Crippen LogP contribution in [0.3, 0.4) is 0 Å². The Labute approximate surface area is 158 Å². The van der Waals surface area contributed by atoms with Crippen LogP contribution in [0.5, 0.6) is 0 Å². The summed E-state index contributed by atoms with van der Waals surface area (Å²) in [6.07, 6.45) is 0. The molecule has 1 fully saturated rings. The fourth-order valence-electron chi connectivity index (χ4n) is 2.96. The Morgan fingerprint density at radius 3 is 2.60 bits per heavy atom. The van der Waals surface area contributed by atoms with Crippen LogP contribution < -0.4 is 0 Å². The van der Waals surface area contributed by atoms with Gasteiger partial charge in [-0.1, -0.05) is 17.3 Å². The normalized spacial score (nSPS) is 17.3. The largest absolute Gasteiger partial charge is 0.356 e. The molecule has 0 spiro atoms. The Kier molecular flexibility index (Phi) is 4.67. The molecule has 0 saturated carbocycles. The second-order valence-electron chi connectivity index (χ2n) is 5.86. The van der Waals surface area contributed by atoms with Gasteiger partial charge in [0.05, 0.1) is 3.79 Å². The lowest BCUT2D eigenvalue weighted by Crippen LogP contribution is -2.48. The number of benzene rings is 1. The number of hydrogen-bond acceptors (Lipinski definition) is 6. The van der Waals surface area contributed by atoms with E-state index in [0.29, 0.717) is 36.9 Å². The van der Waals surface area contributed by atoms with Gasteiger partial charge in [0.1, 0.15) is 9.90 Å². The molecule has 3 aromatic rings. The Hall–Kier alpha value is -1.26. The van der Waals surface area contributed by atoms with Gasteiger partial charge in [-0.3, -0.25) is 4.90 Å². The Morgan fingerprint density at radius 1 is 1.12 bits per heavy atom. The molecule has 0 aliphatic carbocycles. The van der Waals surface area contributed by atoms with Crippen LogP contribution in [0, 0.1) is 0 Å². The predicted molar refractivity (Wildman–Crippen MR) is 100 cm³/mol. The van der Waals surface area contributed by atoms with Gasteiger partial charge in [-0.2, -0.15) is 4.31 Å². The van der Waals surface area contributed by atoms with E-state index in [2.05, 4.69) is 26.0 Å². The number of rotatable bonds is 4. The lowest BCUT2D eigenvalue weighted by Gasteiger charge is -2.33. The number of sulfonamides is 1. The maximum atomic E-state index is 12.7. The van der Waals surface area contributed by atoms with E-state index in [1.54, 1.807) is 16.4 Å². The van der Waals surface area contributed by atoms with Gasteiger partial charge in [0.15, 0.2) is 5.58 Å². The number of piperazine rings is 1. The Bertz CT molecular complexity index is 991. The smallest absolute Gasteiger partial charge is 0.252 e. The van der Waals surface area contributed by atoms with E-state index in [1.165, 1.54) is 11.3 Å². The maximum Gasteiger partial charge on any atom is 0.252 e. The molecule has 132 valence electrons. The summed E-state index contributed by atoms with van der Waals surface area (Å²) in [6.45, 7) is 2.97. The highest BCUT2D eigenvalue weighted by molar-refractivity contribution is 9.11. The van der Waals surface area contributed by atoms with Crippen molar-refractivity contribution in [2.45, 2.75) is 10.8 Å². The summed E-state index contributed by atoms with van der Waals surface area (Å²) in [4.78, 5) is 2.21. The molecule has 1 aliphatic rings. The van der Waals surface area contributed by atoms with Gasteiger partial charge in [-0.25, -0.2) is 8.42 Å². The minimum Gasteiger partial charge on any atom is -0.356 e. The fraction of sp³-hybridized carbons (Fsp3) is 0.312. The van der Waals surface area contributed by atoms with Gasteiger partial charge in [0.25, 0.3) is 10.0 Å². The van der Waals surface area contributed by atoms with Crippen LogP contribution in [-0.2, 0) is 16.6 Å². The third kappa shape index (κ3) is 3.39. The predicted octanol–water partition coefficient (Wildman–Crippen LogP) is 3.16. The minimum atomic E-state index is -3.40. The van der Waals surface area contributed by atoms with Crippen molar-refractivity contribution in [2.24, 2.45) is 0 Å². The zero-order valence-electron chi connectivity index (χ0n) is 13.3. The average molecular weight is 442 g/mol. The minimum absolute atomic E-state index is 0.385. The molecule has 25 heavy (non-hydrogen) atoms. The molecule has 4 rings (SSSR count). The first-order valence-corrected chi connectivity index (χ1v) is 10.9. The van der Waals surface area contributed by atoms with Crippen molar-refractivity contribution in [3.63, 3.8) is 0 Å². The van der Waals surface area contributed by atoms with Gasteiger partial charge in [0.2, 0.25) is 0 Å². The summed E-state index contributed by atoms with van der Waals surface area (Å²) in [7, 11) is -3.40. The van der Waals surface area contributed by atoms with Crippen LogP contribution in [0.15, 0.2) is 48.9 Å². The van der Waals surface area contributed by atoms with E-state index in [4.69, 9.17) is 4.52 Å². The summed E-state index contributed by atoms with van der Waals surface area (Å²) in [5, 5.41) is 5.17. The zero-order chi connectivity index (χ0) is 17.4. The highest BCUT2D eigenvalue weighted by Gasteiger charge is 2.30. The van der Waals surface area contributed by atoms with Gasteiger partial charge in [0, 0.05) is 38.1 Å². The second-order valence-corrected chi connectivity index (χ2v) is 10.5. The number of fused-ring (bicyclic) bond motifs is 1. The fourth-order valence-corrected chi connectivity index (χ4v) is 6.54. The highest BCUT2D eigenvalue weighted by atomic mass is 79.9. The number of halogens is 1. The molecule has 0 unspecified atom stereocenters. The summed E-state index contributed by atoms with van der Waals surface area (Å²) in [5.41, 5.74) is 1.68. The van der Waals surface area contributed by atoms with Gasteiger partial charge >= 0.3 is 0 Å². The van der Waals surface area contributed by atoms with Crippen molar-refractivity contribution in [3.05, 3.63) is 45.9 Å². The highest BCUT2D eigenvalue weighted by Crippen LogP contribution is 2.29. The average Bonchev–Trinajstić information content (AvgIpc) is 3.23.